The molecule has 0 unspecified atom stereocenters. The molecule has 0 fully saturated rings. The van der Waals surface area contributed by atoms with Crippen molar-refractivity contribution in [2.45, 2.75) is 13.2 Å². The smallest absolute Gasteiger partial charge is 0.335 e. The van der Waals surface area contributed by atoms with Crippen LogP contribution in [-0.2, 0) is 18.0 Å². The summed E-state index contributed by atoms with van der Waals surface area (Å²) in [7, 11) is 0. The highest BCUT2D eigenvalue weighted by Crippen LogP contribution is 2.11. The standard InChI is InChI=1S/C15H13ClO3/c16-14-7-3-12(4-8-14)10-19-9-11-1-5-13(6-2-11)15(17)18/h1-8H,9-10H2,(H,17,18). The Hall–Kier alpha value is -1.84. The van der Waals surface area contributed by atoms with Crippen LogP contribution in [0.5, 0.6) is 0 Å². The van der Waals surface area contributed by atoms with Gasteiger partial charge in [-0.15, -0.1) is 0 Å². The van der Waals surface area contributed by atoms with Crippen molar-refractivity contribution in [2.75, 3.05) is 0 Å². The number of hydrogen-bond donors (Lipinski definition) is 1. The highest BCUT2D eigenvalue weighted by molar-refractivity contribution is 6.30. The Kier molecular flexibility index (Phi) is 4.55. The summed E-state index contributed by atoms with van der Waals surface area (Å²) in [5.74, 6) is -0.923. The number of halogens is 1. The van der Waals surface area contributed by atoms with Gasteiger partial charge < -0.3 is 9.84 Å². The molecule has 0 spiro atoms. The predicted molar refractivity (Wildman–Crippen MR) is 73.3 cm³/mol. The van der Waals surface area contributed by atoms with Crippen LogP contribution < -0.4 is 0 Å². The molecule has 0 saturated heterocycles. The molecule has 2 rings (SSSR count). The molecule has 0 atom stereocenters. The van der Waals surface area contributed by atoms with E-state index in [1.54, 1.807) is 24.3 Å². The van der Waals surface area contributed by atoms with E-state index in [0.29, 0.717) is 18.2 Å². The van der Waals surface area contributed by atoms with Gasteiger partial charge in [-0.1, -0.05) is 35.9 Å². The summed E-state index contributed by atoms with van der Waals surface area (Å²) in [4.78, 5) is 10.7. The quantitative estimate of drug-likeness (QED) is 0.904. The molecule has 4 heteroatoms. The van der Waals surface area contributed by atoms with Gasteiger partial charge in [0.2, 0.25) is 0 Å². The van der Waals surface area contributed by atoms with Gasteiger partial charge in [-0.2, -0.15) is 0 Å². The van der Waals surface area contributed by atoms with Gasteiger partial charge >= 0.3 is 5.97 Å². The molecule has 0 radical (unpaired) electrons. The van der Waals surface area contributed by atoms with Gasteiger partial charge in [0.05, 0.1) is 18.8 Å². The number of ether oxygens (including phenoxy) is 1. The van der Waals surface area contributed by atoms with E-state index in [1.165, 1.54) is 0 Å². The summed E-state index contributed by atoms with van der Waals surface area (Å²) in [5, 5.41) is 9.48. The number of rotatable bonds is 5. The van der Waals surface area contributed by atoms with Crippen molar-refractivity contribution in [3.8, 4) is 0 Å². The Morgan fingerprint density at radius 1 is 0.947 bits per heavy atom. The third-order valence-electron chi connectivity index (χ3n) is 2.65. The van der Waals surface area contributed by atoms with Crippen molar-refractivity contribution in [3.63, 3.8) is 0 Å². The van der Waals surface area contributed by atoms with Gasteiger partial charge in [0, 0.05) is 5.02 Å². The van der Waals surface area contributed by atoms with Crippen molar-refractivity contribution in [2.24, 2.45) is 0 Å². The molecule has 0 amide bonds. The van der Waals surface area contributed by atoms with Crippen LogP contribution in [0.3, 0.4) is 0 Å². The molecular weight excluding hydrogens is 264 g/mol. The molecule has 2 aromatic rings. The molecule has 0 aromatic heterocycles. The number of benzene rings is 2. The Bertz CT molecular complexity index is 547. The molecule has 0 aliphatic heterocycles. The zero-order valence-corrected chi connectivity index (χ0v) is 10.9. The lowest BCUT2D eigenvalue weighted by atomic mass is 10.1. The van der Waals surface area contributed by atoms with E-state index >= 15 is 0 Å². The SMILES string of the molecule is O=C(O)c1ccc(COCc2ccc(Cl)cc2)cc1. The number of carbonyl (C=O) groups is 1. The van der Waals surface area contributed by atoms with Gasteiger partial charge in [0.1, 0.15) is 0 Å². The lowest BCUT2D eigenvalue weighted by Gasteiger charge is -2.05. The fraction of sp³-hybridized carbons (Fsp3) is 0.133. The van der Waals surface area contributed by atoms with Crippen LogP contribution in [0.4, 0.5) is 0 Å². The first-order valence-corrected chi connectivity index (χ1v) is 6.17. The van der Waals surface area contributed by atoms with Crippen LogP contribution in [0, 0.1) is 0 Å². The first-order valence-electron chi connectivity index (χ1n) is 5.79. The lowest BCUT2D eigenvalue weighted by molar-refractivity contribution is 0.0696. The van der Waals surface area contributed by atoms with Crippen molar-refractivity contribution in [1.29, 1.82) is 0 Å². The van der Waals surface area contributed by atoms with E-state index in [0.717, 1.165) is 11.1 Å². The molecule has 98 valence electrons. The zero-order chi connectivity index (χ0) is 13.7. The molecule has 2 aromatic carbocycles. The van der Waals surface area contributed by atoms with Crippen LogP contribution in [0.15, 0.2) is 48.5 Å². The number of aromatic carboxylic acids is 1. The first-order chi connectivity index (χ1) is 9.15. The maximum Gasteiger partial charge on any atom is 0.335 e. The maximum absolute atomic E-state index is 10.7. The Morgan fingerprint density at radius 3 is 1.89 bits per heavy atom. The molecule has 1 N–H and O–H groups in total. The van der Waals surface area contributed by atoms with E-state index in [4.69, 9.17) is 21.4 Å². The number of hydrogen-bond acceptors (Lipinski definition) is 2. The summed E-state index contributed by atoms with van der Waals surface area (Å²) in [5.41, 5.74) is 2.27. The predicted octanol–water partition coefficient (Wildman–Crippen LogP) is 3.76. The minimum absolute atomic E-state index is 0.279. The summed E-state index contributed by atoms with van der Waals surface area (Å²) in [6.07, 6.45) is 0. The summed E-state index contributed by atoms with van der Waals surface area (Å²) in [6.45, 7) is 0.945. The molecule has 0 aliphatic carbocycles. The monoisotopic (exact) mass is 276 g/mol. The summed E-state index contributed by atoms with van der Waals surface area (Å²) < 4.78 is 5.56. The summed E-state index contributed by atoms with van der Waals surface area (Å²) in [6, 6.07) is 14.1. The van der Waals surface area contributed by atoms with Crippen LogP contribution >= 0.6 is 11.6 Å². The normalized spacial score (nSPS) is 10.4. The number of carboxylic acid groups (broad SMARTS) is 1. The second-order valence-corrected chi connectivity index (χ2v) is 4.56. The van der Waals surface area contributed by atoms with Gasteiger partial charge in [-0.05, 0) is 35.4 Å². The Labute approximate surface area is 116 Å². The fourth-order valence-electron chi connectivity index (χ4n) is 1.61. The Balaban J connectivity index is 1.85. The zero-order valence-electron chi connectivity index (χ0n) is 10.2. The second-order valence-electron chi connectivity index (χ2n) is 4.12. The molecule has 3 nitrogen and oxygen atoms in total. The van der Waals surface area contributed by atoms with Gasteiger partial charge in [0.25, 0.3) is 0 Å². The van der Waals surface area contributed by atoms with E-state index < -0.39 is 5.97 Å². The highest BCUT2D eigenvalue weighted by atomic mass is 35.5. The fourth-order valence-corrected chi connectivity index (χ4v) is 1.74. The van der Waals surface area contributed by atoms with Crippen molar-refractivity contribution < 1.29 is 14.6 Å². The van der Waals surface area contributed by atoms with Crippen molar-refractivity contribution in [3.05, 3.63) is 70.2 Å². The summed E-state index contributed by atoms with van der Waals surface area (Å²) >= 11 is 5.79. The van der Waals surface area contributed by atoms with Gasteiger partial charge in [0.15, 0.2) is 0 Å². The molecular formula is C15H13ClO3. The average molecular weight is 277 g/mol. The number of carboxylic acids is 1. The third kappa shape index (κ3) is 4.09. The minimum Gasteiger partial charge on any atom is -0.478 e. The lowest BCUT2D eigenvalue weighted by Crippen LogP contribution is -1.97. The van der Waals surface area contributed by atoms with Crippen LogP contribution in [0.1, 0.15) is 21.5 Å². The van der Waals surface area contributed by atoms with Crippen molar-refractivity contribution >= 4 is 17.6 Å². The maximum atomic E-state index is 10.7. The van der Waals surface area contributed by atoms with Crippen molar-refractivity contribution in [1.82, 2.24) is 0 Å². The second kappa shape index (κ2) is 6.36. The molecule has 0 aliphatic rings. The van der Waals surface area contributed by atoms with Gasteiger partial charge in [-0.25, -0.2) is 4.79 Å². The molecule has 19 heavy (non-hydrogen) atoms. The minimum atomic E-state index is -0.923. The Morgan fingerprint density at radius 2 is 1.42 bits per heavy atom. The molecule has 0 heterocycles. The van der Waals surface area contributed by atoms with Crippen LogP contribution in [0.25, 0.3) is 0 Å². The van der Waals surface area contributed by atoms with E-state index in [2.05, 4.69) is 0 Å². The largest absolute Gasteiger partial charge is 0.478 e. The average Bonchev–Trinajstić information content (AvgIpc) is 2.41. The molecule has 0 saturated carbocycles. The van der Waals surface area contributed by atoms with E-state index in [9.17, 15) is 4.79 Å². The van der Waals surface area contributed by atoms with Crippen LogP contribution in [0.2, 0.25) is 5.02 Å². The third-order valence-corrected chi connectivity index (χ3v) is 2.90. The van der Waals surface area contributed by atoms with Crippen LogP contribution in [-0.4, -0.2) is 11.1 Å². The first kappa shape index (κ1) is 13.6. The molecule has 0 bridgehead atoms. The van der Waals surface area contributed by atoms with E-state index in [1.807, 2.05) is 24.3 Å². The topological polar surface area (TPSA) is 46.5 Å². The van der Waals surface area contributed by atoms with E-state index in [-0.39, 0.29) is 5.56 Å². The van der Waals surface area contributed by atoms with Gasteiger partial charge in [-0.3, -0.25) is 0 Å². The highest BCUT2D eigenvalue weighted by Gasteiger charge is 2.01.